The lowest BCUT2D eigenvalue weighted by Crippen LogP contribution is -2.43. The Kier molecular flexibility index (Phi) is 4.75. The summed E-state index contributed by atoms with van der Waals surface area (Å²) in [5, 5.41) is 20.4. The molecule has 5 heteroatoms. The van der Waals surface area contributed by atoms with Crippen molar-refractivity contribution in [1.29, 1.82) is 0 Å². The molecule has 0 fully saturated rings. The monoisotopic (exact) mass is 224 g/mol. The maximum atomic E-state index is 11.2. The number of hydrogen-bond donors (Lipinski definition) is 4. The summed E-state index contributed by atoms with van der Waals surface area (Å²) in [5.74, 6) is -0.168. The second kappa shape index (κ2) is 6.09. The Labute approximate surface area is 93.9 Å². The van der Waals surface area contributed by atoms with Gasteiger partial charge in [-0.15, -0.1) is 0 Å². The SMILES string of the molecule is N[C@@H](CO)C(=O)NCCc1cccc(O)c1. The molecule has 5 nitrogen and oxygen atoms in total. The van der Waals surface area contributed by atoms with Crippen LogP contribution < -0.4 is 11.1 Å². The number of nitrogens with two attached hydrogens (primary N) is 1. The zero-order valence-corrected chi connectivity index (χ0v) is 8.89. The zero-order chi connectivity index (χ0) is 12.0. The number of hydrogen-bond acceptors (Lipinski definition) is 4. The number of aromatic hydroxyl groups is 1. The minimum Gasteiger partial charge on any atom is -0.508 e. The van der Waals surface area contributed by atoms with E-state index in [-0.39, 0.29) is 18.3 Å². The van der Waals surface area contributed by atoms with Gasteiger partial charge in [0.15, 0.2) is 0 Å². The molecule has 1 aromatic rings. The van der Waals surface area contributed by atoms with Crippen molar-refractivity contribution in [3.8, 4) is 5.75 Å². The molecule has 0 aliphatic heterocycles. The van der Waals surface area contributed by atoms with E-state index in [1.807, 2.05) is 6.07 Å². The molecule has 0 spiro atoms. The fraction of sp³-hybridized carbons (Fsp3) is 0.364. The molecule has 1 atom stereocenters. The highest BCUT2D eigenvalue weighted by molar-refractivity contribution is 5.81. The highest BCUT2D eigenvalue weighted by atomic mass is 16.3. The first-order chi connectivity index (χ1) is 7.63. The second-order valence-corrected chi connectivity index (χ2v) is 3.50. The fourth-order valence-electron chi connectivity index (χ4n) is 1.26. The summed E-state index contributed by atoms with van der Waals surface area (Å²) in [6, 6.07) is 5.95. The van der Waals surface area contributed by atoms with Crippen molar-refractivity contribution in [1.82, 2.24) is 5.32 Å². The molecule has 88 valence electrons. The number of aliphatic hydroxyl groups is 1. The minimum absolute atomic E-state index is 0.205. The van der Waals surface area contributed by atoms with Gasteiger partial charge in [0, 0.05) is 6.54 Å². The minimum atomic E-state index is -0.871. The van der Waals surface area contributed by atoms with Crippen molar-refractivity contribution in [2.75, 3.05) is 13.2 Å². The van der Waals surface area contributed by atoms with Crippen LogP contribution in [0.2, 0.25) is 0 Å². The van der Waals surface area contributed by atoms with Crippen LogP contribution in [0.25, 0.3) is 0 Å². The smallest absolute Gasteiger partial charge is 0.239 e. The average Bonchev–Trinajstić information content (AvgIpc) is 2.28. The quantitative estimate of drug-likeness (QED) is 0.535. The van der Waals surface area contributed by atoms with E-state index in [0.717, 1.165) is 5.56 Å². The Morgan fingerprint density at radius 2 is 2.25 bits per heavy atom. The standard InChI is InChI=1S/C11H16N2O3/c12-10(7-14)11(16)13-5-4-8-2-1-3-9(15)6-8/h1-3,6,10,14-15H,4-5,7,12H2,(H,13,16)/t10-/m0/s1. The first kappa shape index (κ1) is 12.5. The number of aliphatic hydroxyl groups excluding tert-OH is 1. The Morgan fingerprint density at radius 1 is 1.50 bits per heavy atom. The van der Waals surface area contributed by atoms with Gasteiger partial charge in [-0.3, -0.25) is 4.79 Å². The molecule has 0 aliphatic rings. The van der Waals surface area contributed by atoms with E-state index >= 15 is 0 Å². The van der Waals surface area contributed by atoms with E-state index in [2.05, 4.69) is 5.32 Å². The molecule has 0 radical (unpaired) electrons. The van der Waals surface area contributed by atoms with Crippen LogP contribution in [0.15, 0.2) is 24.3 Å². The van der Waals surface area contributed by atoms with Gasteiger partial charge in [0.05, 0.1) is 6.61 Å². The van der Waals surface area contributed by atoms with E-state index in [1.54, 1.807) is 18.2 Å². The predicted molar refractivity (Wildman–Crippen MR) is 59.9 cm³/mol. The summed E-state index contributed by atoms with van der Waals surface area (Å²) < 4.78 is 0. The predicted octanol–water partition coefficient (Wildman–Crippen LogP) is -0.629. The number of carbonyl (C=O) groups excluding carboxylic acids is 1. The molecule has 0 heterocycles. The van der Waals surface area contributed by atoms with Crippen LogP contribution in [0.4, 0.5) is 0 Å². The van der Waals surface area contributed by atoms with Crippen LogP contribution in [-0.4, -0.2) is 35.3 Å². The first-order valence-electron chi connectivity index (χ1n) is 5.05. The van der Waals surface area contributed by atoms with Gasteiger partial charge in [-0.05, 0) is 24.1 Å². The zero-order valence-electron chi connectivity index (χ0n) is 8.89. The average molecular weight is 224 g/mol. The maximum Gasteiger partial charge on any atom is 0.239 e. The van der Waals surface area contributed by atoms with Gasteiger partial charge in [0.25, 0.3) is 0 Å². The molecular formula is C11H16N2O3. The van der Waals surface area contributed by atoms with Crippen LogP contribution in [-0.2, 0) is 11.2 Å². The van der Waals surface area contributed by atoms with Gasteiger partial charge in [-0.1, -0.05) is 12.1 Å². The van der Waals surface area contributed by atoms with Gasteiger partial charge < -0.3 is 21.3 Å². The fourth-order valence-corrected chi connectivity index (χ4v) is 1.26. The molecule has 5 N–H and O–H groups in total. The van der Waals surface area contributed by atoms with E-state index in [1.165, 1.54) is 0 Å². The Morgan fingerprint density at radius 3 is 2.88 bits per heavy atom. The van der Waals surface area contributed by atoms with E-state index in [4.69, 9.17) is 10.8 Å². The van der Waals surface area contributed by atoms with Crippen molar-refractivity contribution in [3.63, 3.8) is 0 Å². The molecule has 16 heavy (non-hydrogen) atoms. The number of carbonyl (C=O) groups is 1. The van der Waals surface area contributed by atoms with Crippen molar-refractivity contribution in [3.05, 3.63) is 29.8 Å². The lowest BCUT2D eigenvalue weighted by Gasteiger charge is -2.09. The molecule has 0 unspecified atom stereocenters. The van der Waals surface area contributed by atoms with Crippen LogP contribution in [0, 0.1) is 0 Å². The number of phenols is 1. The summed E-state index contributed by atoms with van der Waals surface area (Å²) in [4.78, 5) is 11.2. The van der Waals surface area contributed by atoms with Gasteiger partial charge >= 0.3 is 0 Å². The molecule has 0 bridgehead atoms. The summed E-state index contributed by atoms with van der Waals surface area (Å²) in [7, 11) is 0. The van der Waals surface area contributed by atoms with E-state index in [0.29, 0.717) is 13.0 Å². The molecule has 0 aliphatic carbocycles. The first-order valence-corrected chi connectivity index (χ1v) is 5.05. The summed E-state index contributed by atoms with van der Waals surface area (Å²) >= 11 is 0. The second-order valence-electron chi connectivity index (χ2n) is 3.50. The van der Waals surface area contributed by atoms with Crippen molar-refractivity contribution in [2.24, 2.45) is 5.73 Å². The third-order valence-corrected chi connectivity index (χ3v) is 2.16. The molecule has 1 aromatic carbocycles. The third kappa shape index (κ3) is 3.88. The summed E-state index contributed by atoms with van der Waals surface area (Å²) in [5.41, 5.74) is 6.25. The molecular weight excluding hydrogens is 208 g/mol. The van der Waals surface area contributed by atoms with Crippen molar-refractivity contribution >= 4 is 5.91 Å². The molecule has 1 rings (SSSR count). The summed E-state index contributed by atoms with van der Waals surface area (Å²) in [6.45, 7) is 0.0634. The number of benzene rings is 1. The van der Waals surface area contributed by atoms with Crippen molar-refractivity contribution in [2.45, 2.75) is 12.5 Å². The molecule has 1 amide bonds. The topological polar surface area (TPSA) is 95.6 Å². The maximum absolute atomic E-state index is 11.2. The van der Waals surface area contributed by atoms with Gasteiger partial charge in [0.1, 0.15) is 11.8 Å². The van der Waals surface area contributed by atoms with Gasteiger partial charge in [0.2, 0.25) is 5.91 Å². The van der Waals surface area contributed by atoms with Crippen LogP contribution in [0.3, 0.4) is 0 Å². The molecule has 0 saturated heterocycles. The normalized spacial score (nSPS) is 12.1. The third-order valence-electron chi connectivity index (χ3n) is 2.16. The van der Waals surface area contributed by atoms with Gasteiger partial charge in [-0.25, -0.2) is 0 Å². The largest absolute Gasteiger partial charge is 0.508 e. The van der Waals surface area contributed by atoms with Crippen LogP contribution in [0.1, 0.15) is 5.56 Å². The lowest BCUT2D eigenvalue weighted by molar-refractivity contribution is -0.123. The molecule has 0 saturated carbocycles. The highest BCUT2D eigenvalue weighted by Crippen LogP contribution is 2.10. The Bertz CT molecular complexity index is 355. The number of phenolic OH excluding ortho intramolecular Hbond substituents is 1. The van der Waals surface area contributed by atoms with Gasteiger partial charge in [-0.2, -0.15) is 0 Å². The summed E-state index contributed by atoms with van der Waals surface area (Å²) in [6.07, 6.45) is 0.609. The Balaban J connectivity index is 2.33. The number of nitrogens with one attached hydrogen (secondary N) is 1. The molecule has 0 aromatic heterocycles. The van der Waals surface area contributed by atoms with Crippen molar-refractivity contribution < 1.29 is 15.0 Å². The van der Waals surface area contributed by atoms with Crippen LogP contribution in [0.5, 0.6) is 5.75 Å². The van der Waals surface area contributed by atoms with E-state index in [9.17, 15) is 9.90 Å². The van der Waals surface area contributed by atoms with E-state index < -0.39 is 6.04 Å². The number of rotatable bonds is 5. The lowest BCUT2D eigenvalue weighted by atomic mass is 10.1. The number of amides is 1. The Hall–Kier alpha value is -1.59. The highest BCUT2D eigenvalue weighted by Gasteiger charge is 2.10. The van der Waals surface area contributed by atoms with Crippen LogP contribution >= 0.6 is 0 Å².